The fourth-order valence-electron chi connectivity index (χ4n) is 3.28. The molecule has 0 saturated carbocycles. The molecule has 146 valence electrons. The van der Waals surface area contributed by atoms with Gasteiger partial charge in [-0.25, -0.2) is 9.59 Å². The van der Waals surface area contributed by atoms with Crippen LogP contribution in [-0.2, 0) is 16.1 Å². The van der Waals surface area contributed by atoms with Crippen molar-refractivity contribution in [3.63, 3.8) is 0 Å². The minimum absolute atomic E-state index is 0.188. The van der Waals surface area contributed by atoms with E-state index in [4.69, 9.17) is 19.3 Å². The van der Waals surface area contributed by atoms with E-state index in [1.165, 1.54) is 16.9 Å². The molecule has 10 heteroatoms. The molecular formula is C17H21N3O7. The van der Waals surface area contributed by atoms with Crippen molar-refractivity contribution in [3.05, 3.63) is 23.8 Å². The Morgan fingerprint density at radius 3 is 2.70 bits per heavy atom. The zero-order valence-electron chi connectivity index (χ0n) is 15.0. The van der Waals surface area contributed by atoms with E-state index < -0.39 is 24.3 Å². The lowest BCUT2D eigenvalue weighted by Crippen LogP contribution is -2.72. The van der Waals surface area contributed by atoms with Gasteiger partial charge in [-0.1, -0.05) is 0 Å². The Bertz CT molecular complexity index is 754. The summed E-state index contributed by atoms with van der Waals surface area (Å²) >= 11 is 0. The molecule has 3 rings (SSSR count). The molecule has 0 unspecified atom stereocenters. The lowest BCUT2D eigenvalue weighted by Gasteiger charge is -2.47. The molecule has 0 bridgehead atoms. The van der Waals surface area contributed by atoms with Crippen LogP contribution in [0, 0.1) is 0 Å². The first kappa shape index (κ1) is 18.6. The molecule has 2 heterocycles. The number of methoxy groups -OCH3 is 2. The van der Waals surface area contributed by atoms with Gasteiger partial charge in [0.25, 0.3) is 0 Å². The van der Waals surface area contributed by atoms with E-state index in [1.54, 1.807) is 25.3 Å². The van der Waals surface area contributed by atoms with Crippen molar-refractivity contribution in [1.82, 2.24) is 15.1 Å². The summed E-state index contributed by atoms with van der Waals surface area (Å²) in [6.45, 7) is 1.09. The molecule has 2 fully saturated rings. The van der Waals surface area contributed by atoms with E-state index >= 15 is 0 Å². The van der Waals surface area contributed by atoms with Gasteiger partial charge in [-0.15, -0.1) is 0 Å². The maximum absolute atomic E-state index is 12.5. The van der Waals surface area contributed by atoms with Crippen LogP contribution in [0.5, 0.6) is 11.5 Å². The number of carbonyl (C=O) groups is 3. The molecule has 2 N–H and O–H groups in total. The average molecular weight is 379 g/mol. The van der Waals surface area contributed by atoms with Crippen LogP contribution in [0.15, 0.2) is 18.2 Å². The van der Waals surface area contributed by atoms with Crippen molar-refractivity contribution in [2.75, 3.05) is 33.9 Å². The van der Waals surface area contributed by atoms with E-state index in [2.05, 4.69) is 5.32 Å². The molecule has 0 aromatic heterocycles. The van der Waals surface area contributed by atoms with Gasteiger partial charge < -0.3 is 34.4 Å². The van der Waals surface area contributed by atoms with Crippen LogP contribution in [0.4, 0.5) is 9.59 Å². The highest BCUT2D eigenvalue weighted by atomic mass is 16.6. The molecule has 3 amide bonds. The molecular weight excluding hydrogens is 358 g/mol. The van der Waals surface area contributed by atoms with Crippen LogP contribution in [0.1, 0.15) is 5.56 Å². The molecule has 0 radical (unpaired) electrons. The number of β-lactam (4-membered cyclic amide) rings is 1. The zero-order chi connectivity index (χ0) is 19.6. The Morgan fingerprint density at radius 1 is 1.33 bits per heavy atom. The van der Waals surface area contributed by atoms with Crippen LogP contribution in [0.2, 0.25) is 0 Å². The Kier molecular flexibility index (Phi) is 5.24. The first-order valence-corrected chi connectivity index (χ1v) is 8.37. The summed E-state index contributed by atoms with van der Waals surface area (Å²) < 4.78 is 15.4. The smallest absolute Gasteiger partial charge is 0.410 e. The van der Waals surface area contributed by atoms with Crippen molar-refractivity contribution in [2.45, 2.75) is 18.6 Å². The third-order valence-corrected chi connectivity index (χ3v) is 4.70. The van der Waals surface area contributed by atoms with Crippen molar-refractivity contribution in [3.8, 4) is 11.5 Å². The molecule has 10 nitrogen and oxygen atoms in total. The van der Waals surface area contributed by atoms with Gasteiger partial charge in [0.05, 0.1) is 26.8 Å². The molecule has 2 atom stereocenters. The van der Waals surface area contributed by atoms with Crippen LogP contribution >= 0.6 is 0 Å². The quantitative estimate of drug-likeness (QED) is 0.663. The number of ether oxygens (including phenoxy) is 3. The highest BCUT2D eigenvalue weighted by Crippen LogP contribution is 2.30. The minimum Gasteiger partial charge on any atom is -0.497 e. The lowest BCUT2D eigenvalue weighted by atomic mass is 9.93. The SMILES string of the molecule is COc1ccc(CN2C(=O)[C@@H](NC(=O)O)[C@@H]2CN2CCOC2=O)c(OC)c1. The number of rotatable bonds is 7. The monoisotopic (exact) mass is 379 g/mol. The molecule has 1 aromatic carbocycles. The van der Waals surface area contributed by atoms with Gasteiger partial charge in [-0.2, -0.15) is 0 Å². The number of hydrogen-bond acceptors (Lipinski definition) is 6. The molecule has 0 aliphatic carbocycles. The summed E-state index contributed by atoms with van der Waals surface area (Å²) in [6, 6.07) is 3.84. The Morgan fingerprint density at radius 2 is 2.11 bits per heavy atom. The molecule has 2 aliphatic heterocycles. The maximum atomic E-state index is 12.5. The van der Waals surface area contributed by atoms with Crippen LogP contribution < -0.4 is 14.8 Å². The normalized spacial score (nSPS) is 21.6. The Labute approximate surface area is 155 Å². The highest BCUT2D eigenvalue weighted by Gasteiger charge is 2.49. The Hall–Kier alpha value is -3.17. The largest absolute Gasteiger partial charge is 0.497 e. The summed E-state index contributed by atoms with van der Waals surface area (Å²) in [4.78, 5) is 38.2. The van der Waals surface area contributed by atoms with E-state index in [0.29, 0.717) is 18.0 Å². The van der Waals surface area contributed by atoms with E-state index in [0.717, 1.165) is 5.56 Å². The van der Waals surface area contributed by atoms with Crippen molar-refractivity contribution in [1.29, 1.82) is 0 Å². The number of nitrogens with one attached hydrogen (secondary N) is 1. The van der Waals surface area contributed by atoms with Crippen LogP contribution in [0.25, 0.3) is 0 Å². The van der Waals surface area contributed by atoms with Crippen LogP contribution in [-0.4, -0.2) is 79.0 Å². The summed E-state index contributed by atoms with van der Waals surface area (Å²) in [6.07, 6.45) is -1.76. The average Bonchev–Trinajstić information content (AvgIpc) is 3.07. The third-order valence-electron chi connectivity index (χ3n) is 4.70. The maximum Gasteiger partial charge on any atom is 0.410 e. The minimum atomic E-state index is -1.29. The van der Waals surface area contributed by atoms with Gasteiger partial charge in [0, 0.05) is 24.7 Å². The second-order valence-corrected chi connectivity index (χ2v) is 6.20. The topological polar surface area (TPSA) is 118 Å². The second-order valence-electron chi connectivity index (χ2n) is 6.20. The predicted octanol–water partition coefficient (Wildman–Crippen LogP) is 0.503. The van der Waals surface area contributed by atoms with E-state index in [9.17, 15) is 14.4 Å². The lowest BCUT2D eigenvalue weighted by molar-refractivity contribution is -0.152. The first-order valence-electron chi connectivity index (χ1n) is 8.37. The van der Waals surface area contributed by atoms with Crippen molar-refractivity contribution in [2.24, 2.45) is 0 Å². The number of cyclic esters (lactones) is 1. The van der Waals surface area contributed by atoms with Gasteiger partial charge in [0.2, 0.25) is 5.91 Å². The Balaban J connectivity index is 1.78. The van der Waals surface area contributed by atoms with E-state index in [1.807, 2.05) is 0 Å². The predicted molar refractivity (Wildman–Crippen MR) is 91.8 cm³/mol. The van der Waals surface area contributed by atoms with Gasteiger partial charge in [-0.05, 0) is 12.1 Å². The number of hydrogen-bond donors (Lipinski definition) is 2. The number of carbonyl (C=O) groups excluding carboxylic acids is 2. The number of likely N-dealkylation sites (tertiary alicyclic amines) is 1. The molecule has 2 saturated heterocycles. The third kappa shape index (κ3) is 3.69. The molecule has 1 aromatic rings. The van der Waals surface area contributed by atoms with Crippen molar-refractivity contribution >= 4 is 18.1 Å². The molecule has 0 spiro atoms. The van der Waals surface area contributed by atoms with Crippen molar-refractivity contribution < 1.29 is 33.7 Å². The summed E-state index contributed by atoms with van der Waals surface area (Å²) in [5.41, 5.74) is 0.745. The standard InChI is InChI=1S/C17H21N3O7/c1-25-11-4-3-10(13(7-11)26-2)8-20-12(9-19-5-6-27-17(19)24)14(15(20)21)18-16(22)23/h3-4,7,12,14,18H,5-6,8-9H2,1-2H3,(H,22,23)/t12-,14-/m0/s1. The summed E-state index contributed by atoms with van der Waals surface area (Å²) in [5, 5.41) is 11.2. The van der Waals surface area contributed by atoms with Gasteiger partial charge in [0.1, 0.15) is 24.1 Å². The van der Waals surface area contributed by atoms with Gasteiger partial charge in [0.15, 0.2) is 0 Å². The molecule has 27 heavy (non-hydrogen) atoms. The van der Waals surface area contributed by atoms with E-state index in [-0.39, 0.29) is 25.6 Å². The van der Waals surface area contributed by atoms with Gasteiger partial charge in [-0.3, -0.25) is 4.79 Å². The first-order chi connectivity index (χ1) is 12.9. The summed E-state index contributed by atoms with van der Waals surface area (Å²) in [7, 11) is 3.06. The number of nitrogens with zero attached hydrogens (tertiary/aromatic N) is 2. The number of amides is 3. The van der Waals surface area contributed by atoms with Gasteiger partial charge >= 0.3 is 12.2 Å². The molecule has 2 aliphatic rings. The van der Waals surface area contributed by atoms with Crippen LogP contribution in [0.3, 0.4) is 0 Å². The zero-order valence-corrected chi connectivity index (χ0v) is 15.0. The summed E-state index contributed by atoms with van der Waals surface area (Å²) in [5.74, 6) is 0.816. The second kappa shape index (κ2) is 7.60. The fraction of sp³-hybridized carbons (Fsp3) is 0.471. The highest BCUT2D eigenvalue weighted by molar-refractivity contribution is 5.92. The number of benzene rings is 1. The fourth-order valence-corrected chi connectivity index (χ4v) is 3.28. The number of carboxylic acid groups (broad SMARTS) is 1.